The molecule has 0 saturated carbocycles. The highest BCUT2D eigenvalue weighted by molar-refractivity contribution is 7.89. The quantitative estimate of drug-likeness (QED) is 0.388. The lowest BCUT2D eigenvalue weighted by molar-refractivity contribution is -0.121. The molecule has 3 N–H and O–H groups in total. The molecular formula is C25H27N3O6S. The third-order valence-electron chi connectivity index (χ3n) is 5.61. The van der Waals surface area contributed by atoms with Gasteiger partial charge in [0.15, 0.2) is 17.9 Å². The Hall–Kier alpha value is -3.44. The van der Waals surface area contributed by atoms with E-state index in [0.29, 0.717) is 17.2 Å². The largest absolute Gasteiger partial charge is 0.454 e. The molecule has 1 unspecified atom stereocenters. The Kier molecular flexibility index (Phi) is 7.37. The van der Waals surface area contributed by atoms with Gasteiger partial charge in [-0.05, 0) is 43.2 Å². The Labute approximate surface area is 204 Å². The van der Waals surface area contributed by atoms with Crippen LogP contribution in [0.4, 0.5) is 5.69 Å². The first-order valence-corrected chi connectivity index (χ1v) is 12.5. The second-order valence-electron chi connectivity index (χ2n) is 8.18. The van der Waals surface area contributed by atoms with E-state index in [1.165, 1.54) is 17.0 Å². The van der Waals surface area contributed by atoms with E-state index in [4.69, 9.17) is 9.47 Å². The summed E-state index contributed by atoms with van der Waals surface area (Å²) in [6.45, 7) is 1.96. The molecule has 1 aliphatic heterocycles. The van der Waals surface area contributed by atoms with Gasteiger partial charge in [0.2, 0.25) is 22.7 Å². The Morgan fingerprint density at radius 3 is 2.43 bits per heavy atom. The fourth-order valence-electron chi connectivity index (χ4n) is 3.68. The van der Waals surface area contributed by atoms with E-state index in [0.717, 1.165) is 11.1 Å². The summed E-state index contributed by atoms with van der Waals surface area (Å²) in [6, 6.07) is 19.7. The molecule has 1 amide bonds. The van der Waals surface area contributed by atoms with Crippen molar-refractivity contribution in [3.63, 3.8) is 0 Å². The van der Waals surface area contributed by atoms with Crippen LogP contribution in [0.3, 0.4) is 0 Å². The van der Waals surface area contributed by atoms with Crippen LogP contribution in [0.1, 0.15) is 11.1 Å². The van der Waals surface area contributed by atoms with Gasteiger partial charge in [-0.1, -0.05) is 48.0 Å². The van der Waals surface area contributed by atoms with E-state index >= 15 is 0 Å². The van der Waals surface area contributed by atoms with Gasteiger partial charge in [0.25, 0.3) is 0 Å². The van der Waals surface area contributed by atoms with Gasteiger partial charge in [0.1, 0.15) is 0 Å². The molecule has 3 aromatic rings. The first-order valence-electron chi connectivity index (χ1n) is 11.0. The van der Waals surface area contributed by atoms with Crippen molar-refractivity contribution in [1.29, 1.82) is 0 Å². The molecule has 9 nitrogen and oxygen atoms in total. The monoisotopic (exact) mass is 497 g/mol. The SMILES string of the molecule is Cc1ccc(S(=O)(=O)NC(O)N[C@@H](Cc2ccccc2)C(=O)N(C)c2ccc3c(c2)OCO3)cc1. The van der Waals surface area contributed by atoms with Gasteiger partial charge in [0, 0.05) is 18.8 Å². The maximum atomic E-state index is 13.5. The van der Waals surface area contributed by atoms with Crippen molar-refractivity contribution in [2.75, 3.05) is 18.7 Å². The highest BCUT2D eigenvalue weighted by Crippen LogP contribution is 2.35. The summed E-state index contributed by atoms with van der Waals surface area (Å²) in [6.07, 6.45) is -1.48. The van der Waals surface area contributed by atoms with Crippen LogP contribution in [0.5, 0.6) is 11.5 Å². The highest BCUT2D eigenvalue weighted by atomic mass is 32.2. The predicted molar refractivity (Wildman–Crippen MR) is 131 cm³/mol. The summed E-state index contributed by atoms with van der Waals surface area (Å²) in [5.74, 6) is 0.747. The van der Waals surface area contributed by atoms with Crippen molar-refractivity contribution in [2.24, 2.45) is 0 Å². The van der Waals surface area contributed by atoms with Gasteiger partial charge in [-0.3, -0.25) is 10.1 Å². The third kappa shape index (κ3) is 5.98. The molecule has 0 aliphatic carbocycles. The maximum absolute atomic E-state index is 13.5. The van der Waals surface area contributed by atoms with Crippen LogP contribution in [0, 0.1) is 6.92 Å². The lowest BCUT2D eigenvalue weighted by Gasteiger charge is -2.27. The zero-order chi connectivity index (χ0) is 25.0. The molecule has 10 heteroatoms. The van der Waals surface area contributed by atoms with E-state index in [1.807, 2.05) is 37.3 Å². The summed E-state index contributed by atoms with van der Waals surface area (Å²) in [7, 11) is -2.42. The first-order chi connectivity index (χ1) is 16.7. The van der Waals surface area contributed by atoms with Crippen molar-refractivity contribution < 1.29 is 27.8 Å². The number of anilines is 1. The van der Waals surface area contributed by atoms with Crippen molar-refractivity contribution >= 4 is 21.6 Å². The van der Waals surface area contributed by atoms with E-state index < -0.39 is 22.4 Å². The first kappa shape index (κ1) is 24.7. The Morgan fingerprint density at radius 2 is 1.71 bits per heavy atom. The number of carbonyl (C=O) groups is 1. The van der Waals surface area contributed by atoms with Gasteiger partial charge in [-0.25, -0.2) is 8.42 Å². The zero-order valence-corrected chi connectivity index (χ0v) is 20.2. The third-order valence-corrected chi connectivity index (χ3v) is 7.04. The minimum atomic E-state index is -4.02. The number of likely N-dealkylation sites (N-methyl/N-ethyl adjacent to an activating group) is 1. The van der Waals surface area contributed by atoms with Crippen LogP contribution in [-0.4, -0.2) is 45.7 Å². The highest BCUT2D eigenvalue weighted by Gasteiger charge is 2.28. The van der Waals surface area contributed by atoms with Crippen LogP contribution in [-0.2, 0) is 21.2 Å². The smallest absolute Gasteiger partial charge is 0.244 e. The van der Waals surface area contributed by atoms with E-state index in [1.54, 1.807) is 37.4 Å². The molecule has 0 radical (unpaired) electrons. The number of aliphatic hydroxyl groups is 1. The minimum absolute atomic E-state index is 0.00682. The number of aliphatic hydroxyl groups excluding tert-OH is 1. The lowest BCUT2D eigenvalue weighted by Crippen LogP contribution is -2.55. The molecule has 0 bridgehead atoms. The zero-order valence-electron chi connectivity index (χ0n) is 19.3. The minimum Gasteiger partial charge on any atom is -0.454 e. The number of hydrogen-bond acceptors (Lipinski definition) is 7. The van der Waals surface area contributed by atoms with Crippen LogP contribution < -0.4 is 24.4 Å². The molecule has 2 atom stereocenters. The summed E-state index contributed by atoms with van der Waals surface area (Å²) in [5, 5.41) is 13.3. The molecule has 1 aliphatic rings. The Bertz CT molecular complexity index is 1280. The van der Waals surface area contributed by atoms with E-state index in [2.05, 4.69) is 10.0 Å². The second-order valence-corrected chi connectivity index (χ2v) is 9.89. The van der Waals surface area contributed by atoms with E-state index in [9.17, 15) is 18.3 Å². The molecule has 1 heterocycles. The van der Waals surface area contributed by atoms with Gasteiger partial charge in [0.05, 0.1) is 10.9 Å². The van der Waals surface area contributed by atoms with Gasteiger partial charge in [-0.2, -0.15) is 4.72 Å². The number of carbonyl (C=O) groups excluding carboxylic acids is 1. The Morgan fingerprint density at radius 1 is 1.03 bits per heavy atom. The molecule has 4 rings (SSSR count). The number of nitrogens with one attached hydrogen (secondary N) is 2. The predicted octanol–water partition coefficient (Wildman–Crippen LogP) is 2.14. The summed E-state index contributed by atoms with van der Waals surface area (Å²) in [4.78, 5) is 14.9. The number of ether oxygens (including phenoxy) is 2. The lowest BCUT2D eigenvalue weighted by atomic mass is 10.0. The molecule has 0 saturated heterocycles. The number of hydrogen-bond donors (Lipinski definition) is 3. The number of rotatable bonds is 9. The normalized spacial score (nSPS) is 14.4. The molecule has 3 aromatic carbocycles. The van der Waals surface area contributed by atoms with Crippen LogP contribution in [0.15, 0.2) is 77.7 Å². The summed E-state index contributed by atoms with van der Waals surface area (Å²) in [5.41, 5.74) is 2.31. The average Bonchev–Trinajstić information content (AvgIpc) is 3.31. The summed E-state index contributed by atoms with van der Waals surface area (Å²) >= 11 is 0. The molecule has 0 aromatic heterocycles. The second kappa shape index (κ2) is 10.4. The van der Waals surface area contributed by atoms with Gasteiger partial charge >= 0.3 is 0 Å². The molecule has 0 fully saturated rings. The molecule has 184 valence electrons. The molecular weight excluding hydrogens is 470 g/mol. The van der Waals surface area contributed by atoms with Gasteiger partial charge in [-0.15, -0.1) is 0 Å². The van der Waals surface area contributed by atoms with Crippen molar-refractivity contribution in [3.8, 4) is 11.5 Å². The van der Waals surface area contributed by atoms with E-state index in [-0.39, 0.29) is 24.0 Å². The Balaban J connectivity index is 1.53. The fraction of sp³-hybridized carbons (Fsp3) is 0.240. The number of nitrogens with zero attached hydrogens (tertiary/aromatic N) is 1. The van der Waals surface area contributed by atoms with Crippen LogP contribution >= 0.6 is 0 Å². The van der Waals surface area contributed by atoms with Crippen LogP contribution in [0.25, 0.3) is 0 Å². The standard InChI is InChI=1S/C25H27N3O6S/c1-17-8-11-20(12-9-17)35(31,32)27-25(30)26-21(14-18-6-4-3-5-7-18)24(29)28(2)19-10-13-22-23(15-19)34-16-33-22/h3-13,15,21,25-27,30H,14,16H2,1-2H3/t21-,25?/m0/s1. The summed E-state index contributed by atoms with van der Waals surface area (Å²) < 4.78 is 38.3. The topological polar surface area (TPSA) is 117 Å². The van der Waals surface area contributed by atoms with Gasteiger partial charge < -0.3 is 19.5 Å². The van der Waals surface area contributed by atoms with Crippen molar-refractivity contribution in [3.05, 3.63) is 83.9 Å². The molecule has 0 spiro atoms. The number of aryl methyl sites for hydroxylation is 1. The number of fused-ring (bicyclic) bond motifs is 1. The van der Waals surface area contributed by atoms with Crippen molar-refractivity contribution in [2.45, 2.75) is 30.6 Å². The average molecular weight is 498 g/mol. The van der Waals surface area contributed by atoms with Crippen LogP contribution in [0.2, 0.25) is 0 Å². The molecule has 35 heavy (non-hydrogen) atoms. The number of amides is 1. The fourth-order valence-corrected chi connectivity index (χ4v) is 4.67. The van der Waals surface area contributed by atoms with Crippen molar-refractivity contribution in [1.82, 2.24) is 10.0 Å². The number of sulfonamides is 1. The number of benzene rings is 3. The maximum Gasteiger partial charge on any atom is 0.244 e.